The summed E-state index contributed by atoms with van der Waals surface area (Å²) >= 11 is 0. The monoisotopic (exact) mass is 677 g/mol. The first-order valence-corrected chi connectivity index (χ1v) is 21.4. The van der Waals surface area contributed by atoms with E-state index >= 15 is 0 Å². The Balaban J connectivity index is 1.22. The maximum Gasteiger partial charge on any atom is 0.0258 e. The molecule has 6 aliphatic carbocycles. The van der Waals surface area contributed by atoms with Gasteiger partial charge in [0.15, 0.2) is 0 Å². The van der Waals surface area contributed by atoms with Gasteiger partial charge in [-0.2, -0.15) is 0 Å². The molecule has 2 nitrogen and oxygen atoms in total. The Kier molecular flexibility index (Phi) is 13.9. The maximum absolute atomic E-state index is 6.35. The number of hydrogen-bond acceptors (Lipinski definition) is 2. The Hall–Kier alpha value is -2.16. The maximum atomic E-state index is 6.35. The Morgan fingerprint density at radius 3 is 2.48 bits per heavy atom. The first kappa shape index (κ1) is 37.6. The number of allylic oxidation sites excluding steroid dienone is 12. The second-order valence-electron chi connectivity index (χ2n) is 17.2. The molecule has 3 N–H and O–H groups in total. The van der Waals surface area contributed by atoms with Crippen LogP contribution < -0.4 is 11.1 Å². The molecule has 274 valence electrons. The highest BCUT2D eigenvalue weighted by Crippen LogP contribution is 2.52. The standard InChI is InChI=1S/C48H72N2/c1-5-8-9-16-35(6-2)42-28-27-41(45-19-12-13-20-46(42)45)34(4)23-24-39(33-50-40-26-25-37-17-10-11-18-38(37)31-40)44-30-29-43(36(7-3)32-49)47-21-14-15-22-48(44)47/h6-7,11-13,18-20,24-26,34-35,37-38,40,42-44,46-48,50H,2,5,8-10,14-17,21-23,27-33,49H2,1,3-4H3/b36-7+,39-24+/t34?,35?,37-,38?,40?,42?,43?,44?,46?,47?,48?/m1/s1. The average Bonchev–Trinajstić information content (AvgIpc) is 3.17. The molecule has 0 radical (unpaired) electrons. The minimum Gasteiger partial charge on any atom is -0.327 e. The van der Waals surface area contributed by atoms with Gasteiger partial charge in [0.25, 0.3) is 0 Å². The number of nitrogens with two attached hydrogens (primary N) is 1. The van der Waals surface area contributed by atoms with Gasteiger partial charge in [0.2, 0.25) is 0 Å². The zero-order valence-corrected chi connectivity index (χ0v) is 32.2. The van der Waals surface area contributed by atoms with Gasteiger partial charge in [-0.1, -0.05) is 130 Å². The molecule has 0 aromatic carbocycles. The Morgan fingerprint density at radius 1 is 0.940 bits per heavy atom. The summed E-state index contributed by atoms with van der Waals surface area (Å²) in [4.78, 5) is 0. The van der Waals surface area contributed by atoms with Gasteiger partial charge < -0.3 is 11.1 Å². The van der Waals surface area contributed by atoms with E-state index in [2.05, 4.69) is 99.5 Å². The molecule has 0 saturated heterocycles. The van der Waals surface area contributed by atoms with E-state index in [1.807, 2.05) is 0 Å². The Bertz CT molecular complexity index is 1340. The highest BCUT2D eigenvalue weighted by atomic mass is 14.9. The second-order valence-corrected chi connectivity index (χ2v) is 17.2. The zero-order chi connectivity index (χ0) is 34.9. The SMILES string of the molecule is C=CC(CCCCC)C1CCC(C(C)C/C=C(\CNC2C=C[C@H]3CCC=CC3C2)C2CCC(/C(=C/C)CN)C3CCCCC23)=C2C=CC=CC21. The zero-order valence-electron chi connectivity index (χ0n) is 32.2. The van der Waals surface area contributed by atoms with Gasteiger partial charge in [0, 0.05) is 25.0 Å². The van der Waals surface area contributed by atoms with Crippen LogP contribution in [0.25, 0.3) is 0 Å². The summed E-state index contributed by atoms with van der Waals surface area (Å²) in [6.07, 6.45) is 48.1. The van der Waals surface area contributed by atoms with Crippen LogP contribution >= 0.6 is 0 Å². The summed E-state index contributed by atoms with van der Waals surface area (Å²) in [5.74, 6) is 6.93. The van der Waals surface area contributed by atoms with E-state index in [0.717, 1.165) is 30.8 Å². The number of rotatable bonds is 15. The largest absolute Gasteiger partial charge is 0.327 e. The molecular formula is C48H72N2. The van der Waals surface area contributed by atoms with E-state index in [-0.39, 0.29) is 0 Å². The molecule has 6 rings (SSSR count). The van der Waals surface area contributed by atoms with Gasteiger partial charge in [-0.25, -0.2) is 0 Å². The lowest BCUT2D eigenvalue weighted by molar-refractivity contribution is 0.0804. The lowest BCUT2D eigenvalue weighted by Gasteiger charge is -2.48. The molecule has 2 heteroatoms. The fraction of sp³-hybridized carbons (Fsp3) is 0.667. The van der Waals surface area contributed by atoms with E-state index in [9.17, 15) is 0 Å². The third kappa shape index (κ3) is 8.71. The summed E-state index contributed by atoms with van der Waals surface area (Å²) < 4.78 is 0. The van der Waals surface area contributed by atoms with Crippen LogP contribution in [-0.4, -0.2) is 19.1 Å². The summed E-state index contributed by atoms with van der Waals surface area (Å²) in [6, 6.07) is 0.487. The lowest BCUT2D eigenvalue weighted by atomic mass is 9.58. The van der Waals surface area contributed by atoms with Crippen LogP contribution in [-0.2, 0) is 0 Å². The minimum absolute atomic E-state index is 0.487. The molecule has 0 heterocycles. The van der Waals surface area contributed by atoms with Gasteiger partial charge >= 0.3 is 0 Å². The van der Waals surface area contributed by atoms with Gasteiger partial charge in [0.1, 0.15) is 0 Å². The van der Waals surface area contributed by atoms with Gasteiger partial charge in [-0.3, -0.25) is 0 Å². The van der Waals surface area contributed by atoms with Crippen LogP contribution in [0.4, 0.5) is 0 Å². The van der Waals surface area contributed by atoms with Crippen molar-refractivity contribution in [2.24, 2.45) is 64.9 Å². The summed E-state index contributed by atoms with van der Waals surface area (Å²) in [5, 5.41) is 4.14. The number of fused-ring (bicyclic) bond motifs is 3. The van der Waals surface area contributed by atoms with Crippen molar-refractivity contribution in [3.63, 3.8) is 0 Å². The van der Waals surface area contributed by atoms with E-state index in [1.54, 1.807) is 16.7 Å². The normalized spacial score (nSPS) is 35.3. The quantitative estimate of drug-likeness (QED) is 0.134. The van der Waals surface area contributed by atoms with Crippen LogP contribution in [0.15, 0.2) is 95.7 Å². The van der Waals surface area contributed by atoms with Crippen molar-refractivity contribution in [3.05, 3.63) is 95.7 Å². The van der Waals surface area contributed by atoms with Crippen molar-refractivity contribution < 1.29 is 0 Å². The lowest BCUT2D eigenvalue weighted by Crippen LogP contribution is -2.42. The Morgan fingerprint density at radius 2 is 1.74 bits per heavy atom. The molecule has 2 saturated carbocycles. The summed E-state index contributed by atoms with van der Waals surface area (Å²) in [7, 11) is 0. The molecule has 0 aromatic rings. The molecule has 0 aliphatic heterocycles. The topological polar surface area (TPSA) is 38.0 Å². The van der Waals surface area contributed by atoms with Gasteiger partial charge in [0.05, 0.1) is 0 Å². The van der Waals surface area contributed by atoms with E-state index in [0.29, 0.717) is 47.5 Å². The molecule has 0 aromatic heterocycles. The van der Waals surface area contributed by atoms with E-state index in [4.69, 9.17) is 5.73 Å². The second kappa shape index (κ2) is 18.6. The predicted octanol–water partition coefficient (Wildman–Crippen LogP) is 12.0. The molecule has 2 fully saturated rings. The Labute approximate surface area is 307 Å². The smallest absolute Gasteiger partial charge is 0.0258 e. The average molecular weight is 677 g/mol. The summed E-state index contributed by atoms with van der Waals surface area (Å²) in [6.45, 7) is 13.2. The van der Waals surface area contributed by atoms with Gasteiger partial charge in [-0.05, 0) is 136 Å². The molecule has 6 aliphatic rings. The predicted molar refractivity (Wildman–Crippen MR) is 217 cm³/mol. The molecule has 11 atom stereocenters. The molecule has 0 amide bonds. The first-order valence-electron chi connectivity index (χ1n) is 21.4. The van der Waals surface area contributed by atoms with E-state index < -0.39 is 0 Å². The minimum atomic E-state index is 0.487. The molecule has 0 spiro atoms. The van der Waals surface area contributed by atoms with E-state index in [1.165, 1.54) is 108 Å². The van der Waals surface area contributed by atoms with Crippen LogP contribution in [0, 0.1) is 59.2 Å². The molecular weight excluding hydrogens is 605 g/mol. The summed E-state index contributed by atoms with van der Waals surface area (Å²) in [5.41, 5.74) is 13.0. The van der Waals surface area contributed by atoms with Crippen LogP contribution in [0.2, 0.25) is 0 Å². The third-order valence-corrected chi connectivity index (χ3v) is 14.5. The number of nitrogens with one attached hydrogen (secondary N) is 1. The molecule has 0 bridgehead atoms. The van der Waals surface area contributed by atoms with Crippen molar-refractivity contribution in [3.8, 4) is 0 Å². The van der Waals surface area contributed by atoms with Crippen molar-refractivity contribution in [2.75, 3.05) is 13.1 Å². The van der Waals surface area contributed by atoms with Gasteiger partial charge in [-0.15, -0.1) is 6.58 Å². The van der Waals surface area contributed by atoms with Crippen molar-refractivity contribution in [1.29, 1.82) is 0 Å². The number of hydrogen-bond donors (Lipinski definition) is 2. The van der Waals surface area contributed by atoms with Crippen LogP contribution in [0.3, 0.4) is 0 Å². The van der Waals surface area contributed by atoms with Crippen molar-refractivity contribution >= 4 is 0 Å². The highest BCUT2D eigenvalue weighted by Gasteiger charge is 2.43. The van der Waals surface area contributed by atoms with Crippen molar-refractivity contribution in [2.45, 2.75) is 130 Å². The fourth-order valence-corrected chi connectivity index (χ4v) is 11.7. The van der Waals surface area contributed by atoms with Crippen molar-refractivity contribution in [1.82, 2.24) is 5.32 Å². The molecule has 50 heavy (non-hydrogen) atoms. The van der Waals surface area contributed by atoms with Crippen LogP contribution in [0.1, 0.15) is 124 Å². The fourth-order valence-electron chi connectivity index (χ4n) is 11.7. The first-order chi connectivity index (χ1) is 24.6. The van der Waals surface area contributed by atoms with Crippen LogP contribution in [0.5, 0.6) is 0 Å². The third-order valence-electron chi connectivity index (χ3n) is 14.5. The number of unbranched alkanes of at least 4 members (excludes halogenated alkanes) is 2. The highest BCUT2D eigenvalue weighted by molar-refractivity contribution is 5.41. The molecule has 10 unspecified atom stereocenters.